The molecule has 4 nitrogen and oxygen atoms in total. The van der Waals surface area contributed by atoms with Crippen LogP contribution < -0.4 is 5.73 Å². The molecule has 0 radical (unpaired) electrons. The Morgan fingerprint density at radius 1 is 1.44 bits per heavy atom. The molecule has 0 amide bonds. The van der Waals surface area contributed by atoms with Crippen molar-refractivity contribution in [3.63, 3.8) is 0 Å². The van der Waals surface area contributed by atoms with Crippen LogP contribution in [-0.4, -0.2) is 21.7 Å². The third kappa shape index (κ3) is 1.88. The first kappa shape index (κ1) is 12.6. The summed E-state index contributed by atoms with van der Waals surface area (Å²) in [4.78, 5) is 10.9. The second-order valence-corrected chi connectivity index (χ2v) is 4.74. The Hall–Kier alpha value is -1.81. The molecule has 1 atom stereocenters. The van der Waals surface area contributed by atoms with Crippen molar-refractivity contribution in [3.05, 3.63) is 35.0 Å². The van der Waals surface area contributed by atoms with E-state index in [1.165, 1.54) is 5.56 Å². The van der Waals surface area contributed by atoms with Crippen molar-refractivity contribution in [2.45, 2.75) is 26.3 Å². The number of benzene rings is 1. The number of nitrogens with two attached hydrogens (primary N) is 1. The quantitative estimate of drug-likeness (QED) is 0.867. The van der Waals surface area contributed by atoms with Gasteiger partial charge in [-0.25, -0.2) is 0 Å². The molecule has 0 spiro atoms. The van der Waals surface area contributed by atoms with Gasteiger partial charge in [-0.2, -0.15) is 0 Å². The van der Waals surface area contributed by atoms with Crippen LogP contribution in [0, 0.1) is 13.8 Å². The van der Waals surface area contributed by atoms with Gasteiger partial charge in [-0.15, -0.1) is 0 Å². The highest BCUT2D eigenvalue weighted by Gasteiger charge is 2.19. The molecule has 0 saturated heterocycles. The summed E-state index contributed by atoms with van der Waals surface area (Å²) in [5.41, 5.74) is 10.1. The Bertz CT molecular complexity index is 614. The van der Waals surface area contributed by atoms with Gasteiger partial charge in [0.2, 0.25) is 0 Å². The fourth-order valence-electron chi connectivity index (χ4n) is 2.48. The van der Waals surface area contributed by atoms with E-state index in [9.17, 15) is 4.79 Å². The van der Waals surface area contributed by atoms with E-state index in [0.29, 0.717) is 6.42 Å². The minimum Gasteiger partial charge on any atom is -0.480 e. The number of carboxylic acid groups (broad SMARTS) is 1. The van der Waals surface area contributed by atoms with Gasteiger partial charge in [0.1, 0.15) is 6.04 Å². The summed E-state index contributed by atoms with van der Waals surface area (Å²) < 4.78 is 2.11. The zero-order valence-corrected chi connectivity index (χ0v) is 10.9. The number of hydrogen-bond donors (Lipinski definition) is 2. The van der Waals surface area contributed by atoms with Crippen LogP contribution in [-0.2, 0) is 18.3 Å². The van der Waals surface area contributed by atoms with Crippen molar-refractivity contribution < 1.29 is 9.90 Å². The number of fused-ring (bicyclic) bond motifs is 1. The van der Waals surface area contributed by atoms with Gasteiger partial charge >= 0.3 is 5.97 Å². The molecule has 3 N–H and O–H groups in total. The first-order valence-corrected chi connectivity index (χ1v) is 5.95. The fraction of sp³-hybridized carbons (Fsp3) is 0.357. The number of rotatable bonds is 3. The topological polar surface area (TPSA) is 68.2 Å². The Balaban J connectivity index is 2.61. The van der Waals surface area contributed by atoms with Crippen LogP contribution in [0.4, 0.5) is 0 Å². The summed E-state index contributed by atoms with van der Waals surface area (Å²) in [7, 11) is 2.00. The highest BCUT2D eigenvalue weighted by Crippen LogP contribution is 2.28. The van der Waals surface area contributed by atoms with Crippen LogP contribution in [0.5, 0.6) is 0 Å². The predicted molar refractivity (Wildman–Crippen MR) is 71.7 cm³/mol. The first-order chi connectivity index (χ1) is 8.43. The molecular weight excluding hydrogens is 228 g/mol. The lowest BCUT2D eigenvalue weighted by Crippen LogP contribution is -2.32. The van der Waals surface area contributed by atoms with Crippen molar-refractivity contribution in [1.29, 1.82) is 0 Å². The third-order valence-electron chi connectivity index (χ3n) is 3.58. The van der Waals surface area contributed by atoms with Crippen LogP contribution in [0.3, 0.4) is 0 Å². The van der Waals surface area contributed by atoms with Gasteiger partial charge in [0.25, 0.3) is 0 Å². The summed E-state index contributed by atoms with van der Waals surface area (Å²) in [5, 5.41) is 10.0. The first-order valence-electron chi connectivity index (χ1n) is 5.95. The molecule has 1 heterocycles. The van der Waals surface area contributed by atoms with Crippen LogP contribution in [0.25, 0.3) is 10.9 Å². The predicted octanol–water partition coefficient (Wildman–Crippen LogP) is 1.75. The molecule has 1 aromatic heterocycles. The SMILES string of the molecule is Cc1cccc2c(CC(N)C(=O)O)c(C)n(C)c12. The summed E-state index contributed by atoms with van der Waals surface area (Å²) in [6.45, 7) is 4.06. The third-order valence-corrected chi connectivity index (χ3v) is 3.58. The van der Waals surface area contributed by atoms with E-state index in [2.05, 4.69) is 17.6 Å². The van der Waals surface area contributed by atoms with Crippen molar-refractivity contribution in [1.82, 2.24) is 4.57 Å². The van der Waals surface area contributed by atoms with E-state index in [1.54, 1.807) is 0 Å². The summed E-state index contributed by atoms with van der Waals surface area (Å²) >= 11 is 0. The zero-order chi connectivity index (χ0) is 13.4. The van der Waals surface area contributed by atoms with Crippen molar-refractivity contribution >= 4 is 16.9 Å². The monoisotopic (exact) mass is 246 g/mol. The summed E-state index contributed by atoms with van der Waals surface area (Å²) in [5.74, 6) is -0.959. The smallest absolute Gasteiger partial charge is 0.320 e. The molecular formula is C14H18N2O2. The maximum atomic E-state index is 10.9. The molecule has 0 aliphatic heterocycles. The molecule has 0 bridgehead atoms. The molecule has 96 valence electrons. The molecule has 0 aliphatic rings. The lowest BCUT2D eigenvalue weighted by Gasteiger charge is -2.07. The van der Waals surface area contributed by atoms with Gasteiger partial charge in [0.05, 0.1) is 5.52 Å². The van der Waals surface area contributed by atoms with Crippen LogP contribution in [0.2, 0.25) is 0 Å². The van der Waals surface area contributed by atoms with Gasteiger partial charge < -0.3 is 15.4 Å². The number of aliphatic carboxylic acids is 1. The highest BCUT2D eigenvalue weighted by atomic mass is 16.4. The zero-order valence-electron chi connectivity index (χ0n) is 10.9. The average Bonchev–Trinajstić information content (AvgIpc) is 2.55. The van der Waals surface area contributed by atoms with Gasteiger partial charge in [0, 0.05) is 24.5 Å². The number of aryl methyl sites for hydroxylation is 2. The molecule has 0 saturated carbocycles. The minimum absolute atomic E-state index is 0.363. The number of nitrogens with zero attached hydrogens (tertiary/aromatic N) is 1. The Morgan fingerprint density at radius 2 is 2.11 bits per heavy atom. The van der Waals surface area contributed by atoms with Crippen LogP contribution in [0.15, 0.2) is 18.2 Å². The molecule has 0 fully saturated rings. The molecule has 2 aromatic rings. The van der Waals surface area contributed by atoms with Crippen molar-refractivity contribution in [3.8, 4) is 0 Å². The Kier molecular flexibility index (Phi) is 3.13. The van der Waals surface area contributed by atoms with Gasteiger partial charge in [-0.1, -0.05) is 18.2 Å². The number of hydrogen-bond acceptors (Lipinski definition) is 2. The van der Waals surface area contributed by atoms with E-state index in [0.717, 1.165) is 22.2 Å². The van der Waals surface area contributed by atoms with Crippen molar-refractivity contribution in [2.24, 2.45) is 12.8 Å². The molecule has 2 rings (SSSR count). The van der Waals surface area contributed by atoms with Gasteiger partial charge in [0.15, 0.2) is 0 Å². The molecule has 18 heavy (non-hydrogen) atoms. The van der Waals surface area contributed by atoms with E-state index < -0.39 is 12.0 Å². The number of aromatic nitrogens is 1. The van der Waals surface area contributed by atoms with Crippen LogP contribution >= 0.6 is 0 Å². The van der Waals surface area contributed by atoms with Gasteiger partial charge in [-0.05, 0) is 25.0 Å². The summed E-state index contributed by atoms with van der Waals surface area (Å²) in [6.07, 6.45) is 0.363. The lowest BCUT2D eigenvalue weighted by molar-refractivity contribution is -0.138. The number of carbonyl (C=O) groups is 1. The standard InChI is InChI=1S/C14H18N2O2/c1-8-5-4-6-10-11(7-12(15)14(17)18)9(2)16(3)13(8)10/h4-6,12H,7,15H2,1-3H3,(H,17,18). The van der Waals surface area contributed by atoms with E-state index in [1.807, 2.05) is 26.1 Å². The van der Waals surface area contributed by atoms with E-state index in [4.69, 9.17) is 10.8 Å². The molecule has 4 heteroatoms. The maximum Gasteiger partial charge on any atom is 0.320 e. The van der Waals surface area contributed by atoms with Crippen LogP contribution in [0.1, 0.15) is 16.8 Å². The minimum atomic E-state index is -0.959. The van der Waals surface area contributed by atoms with E-state index in [-0.39, 0.29) is 0 Å². The molecule has 1 aromatic carbocycles. The fourth-order valence-corrected chi connectivity index (χ4v) is 2.48. The Morgan fingerprint density at radius 3 is 2.72 bits per heavy atom. The second kappa shape index (κ2) is 4.46. The van der Waals surface area contributed by atoms with E-state index >= 15 is 0 Å². The average molecular weight is 246 g/mol. The number of para-hydroxylation sites is 1. The molecule has 1 unspecified atom stereocenters. The number of carboxylic acids is 1. The van der Waals surface area contributed by atoms with Crippen molar-refractivity contribution in [2.75, 3.05) is 0 Å². The maximum absolute atomic E-state index is 10.9. The largest absolute Gasteiger partial charge is 0.480 e. The lowest BCUT2D eigenvalue weighted by atomic mass is 10.0. The normalized spacial score (nSPS) is 12.9. The Labute approximate surface area is 106 Å². The summed E-state index contributed by atoms with van der Waals surface area (Å²) in [6, 6.07) is 5.23. The second-order valence-electron chi connectivity index (χ2n) is 4.74. The van der Waals surface area contributed by atoms with Gasteiger partial charge in [-0.3, -0.25) is 4.79 Å². The highest BCUT2D eigenvalue weighted by molar-refractivity contribution is 5.88. The molecule has 0 aliphatic carbocycles.